The molecule has 114 valence electrons. The molecule has 4 aromatic rings. The van der Waals surface area contributed by atoms with Crippen molar-refractivity contribution in [2.24, 2.45) is 0 Å². The van der Waals surface area contributed by atoms with Gasteiger partial charge in [-0.15, -0.1) is 0 Å². The molecule has 4 rings (SSSR count). The van der Waals surface area contributed by atoms with Gasteiger partial charge < -0.3 is 0 Å². The van der Waals surface area contributed by atoms with Gasteiger partial charge in [0.1, 0.15) is 6.33 Å². The van der Waals surface area contributed by atoms with Crippen LogP contribution >= 0.6 is 23.2 Å². The molecule has 0 aliphatic rings. The van der Waals surface area contributed by atoms with Gasteiger partial charge in [-0.1, -0.05) is 29.3 Å². The van der Waals surface area contributed by atoms with Crippen molar-refractivity contribution in [2.75, 3.05) is 0 Å². The third kappa shape index (κ3) is 2.03. The zero-order chi connectivity index (χ0) is 16.1. The van der Waals surface area contributed by atoms with Gasteiger partial charge >= 0.3 is 0 Å². The fourth-order valence-corrected chi connectivity index (χ4v) is 2.99. The number of aryl methyl sites for hydroxylation is 1. The number of hydrogen-bond acceptors (Lipinski definition) is 4. The van der Waals surface area contributed by atoms with E-state index >= 15 is 0 Å². The van der Waals surface area contributed by atoms with Gasteiger partial charge in [0.2, 0.25) is 0 Å². The Morgan fingerprint density at radius 3 is 2.83 bits per heavy atom. The summed E-state index contributed by atoms with van der Waals surface area (Å²) < 4.78 is 3.05. The van der Waals surface area contributed by atoms with Gasteiger partial charge in [0.15, 0.2) is 0 Å². The highest BCUT2D eigenvalue weighted by Gasteiger charge is 2.15. The molecule has 3 aromatic heterocycles. The summed E-state index contributed by atoms with van der Waals surface area (Å²) in [7, 11) is 0. The molecule has 0 saturated carbocycles. The van der Waals surface area contributed by atoms with Gasteiger partial charge in [0.05, 0.1) is 26.6 Å². The average Bonchev–Trinajstić information content (AvgIpc) is 3.00. The SMILES string of the molecule is Cc1cc2c(cnc3ncnn32)c(=O)n1-c1cccc(Cl)c1Cl. The van der Waals surface area contributed by atoms with Crippen molar-refractivity contribution in [1.82, 2.24) is 24.1 Å². The van der Waals surface area contributed by atoms with E-state index in [0.717, 1.165) is 0 Å². The monoisotopic (exact) mass is 345 g/mol. The van der Waals surface area contributed by atoms with E-state index < -0.39 is 0 Å². The standard InChI is InChI=1S/C15H9Cl2N5O/c1-8-5-12-9(6-18-15-19-7-20-22(12)15)14(23)21(8)11-4-2-3-10(16)13(11)17/h2-7H,1H3. The number of rotatable bonds is 1. The van der Waals surface area contributed by atoms with Crippen LogP contribution in [0.3, 0.4) is 0 Å². The van der Waals surface area contributed by atoms with Crippen molar-refractivity contribution in [1.29, 1.82) is 0 Å². The molecule has 3 heterocycles. The largest absolute Gasteiger partial charge is 0.279 e. The molecule has 1 aromatic carbocycles. The number of halogens is 2. The van der Waals surface area contributed by atoms with E-state index in [9.17, 15) is 4.79 Å². The number of nitrogens with zero attached hydrogens (tertiary/aromatic N) is 5. The molecule has 0 aliphatic carbocycles. The van der Waals surface area contributed by atoms with E-state index in [1.165, 1.54) is 21.6 Å². The first-order valence-electron chi connectivity index (χ1n) is 6.73. The van der Waals surface area contributed by atoms with Crippen LogP contribution < -0.4 is 5.56 Å². The van der Waals surface area contributed by atoms with Crippen LogP contribution in [0.4, 0.5) is 0 Å². The maximum atomic E-state index is 12.9. The van der Waals surface area contributed by atoms with Crippen LogP contribution in [0.2, 0.25) is 10.0 Å². The molecule has 0 N–H and O–H groups in total. The molecule has 0 spiro atoms. The van der Waals surface area contributed by atoms with Crippen LogP contribution in [0.25, 0.3) is 22.4 Å². The Hall–Kier alpha value is -2.44. The zero-order valence-corrected chi connectivity index (χ0v) is 13.4. The maximum absolute atomic E-state index is 12.9. The first kappa shape index (κ1) is 14.2. The molecular formula is C15H9Cl2N5O. The predicted octanol–water partition coefficient (Wildman–Crippen LogP) is 3.04. The number of hydrogen-bond donors (Lipinski definition) is 0. The lowest BCUT2D eigenvalue weighted by atomic mass is 10.2. The van der Waals surface area contributed by atoms with Crippen LogP contribution in [0.15, 0.2) is 41.6 Å². The Labute approximate surface area is 139 Å². The van der Waals surface area contributed by atoms with Crippen LogP contribution in [-0.4, -0.2) is 24.1 Å². The third-order valence-electron chi connectivity index (χ3n) is 3.65. The minimum absolute atomic E-state index is 0.242. The van der Waals surface area contributed by atoms with Crippen LogP contribution in [-0.2, 0) is 0 Å². The lowest BCUT2D eigenvalue weighted by Gasteiger charge is -2.13. The smallest absolute Gasteiger partial charge is 0.266 e. The highest BCUT2D eigenvalue weighted by Crippen LogP contribution is 2.28. The molecule has 0 saturated heterocycles. The summed E-state index contributed by atoms with van der Waals surface area (Å²) in [6, 6.07) is 7.01. The summed E-state index contributed by atoms with van der Waals surface area (Å²) in [5.41, 5.74) is 1.63. The molecule has 0 bridgehead atoms. The van der Waals surface area contributed by atoms with Gasteiger partial charge in [-0.3, -0.25) is 9.36 Å². The van der Waals surface area contributed by atoms with E-state index in [0.29, 0.717) is 38.1 Å². The minimum atomic E-state index is -0.242. The Balaban J connectivity index is 2.15. The van der Waals surface area contributed by atoms with Crippen LogP contribution in [0.1, 0.15) is 5.69 Å². The first-order chi connectivity index (χ1) is 11.1. The van der Waals surface area contributed by atoms with Crippen molar-refractivity contribution in [3.8, 4) is 5.69 Å². The Morgan fingerprint density at radius 1 is 1.17 bits per heavy atom. The number of pyridine rings is 1. The minimum Gasteiger partial charge on any atom is -0.279 e. The molecule has 0 amide bonds. The molecule has 0 radical (unpaired) electrons. The first-order valence-corrected chi connectivity index (χ1v) is 7.49. The highest BCUT2D eigenvalue weighted by molar-refractivity contribution is 6.43. The Morgan fingerprint density at radius 2 is 2.00 bits per heavy atom. The molecule has 0 unspecified atom stereocenters. The van der Waals surface area contributed by atoms with E-state index in [4.69, 9.17) is 23.2 Å². The van der Waals surface area contributed by atoms with Crippen LogP contribution in [0, 0.1) is 6.92 Å². The quantitative estimate of drug-likeness (QED) is 0.531. The summed E-state index contributed by atoms with van der Waals surface area (Å²) in [4.78, 5) is 21.1. The number of benzene rings is 1. The number of aromatic nitrogens is 5. The second-order valence-corrected chi connectivity index (χ2v) is 5.81. The summed E-state index contributed by atoms with van der Waals surface area (Å²) in [6.07, 6.45) is 2.90. The molecule has 8 heteroatoms. The van der Waals surface area contributed by atoms with Crippen LogP contribution in [0.5, 0.6) is 0 Å². The third-order valence-corrected chi connectivity index (χ3v) is 4.46. The average molecular weight is 346 g/mol. The van der Waals surface area contributed by atoms with Gasteiger partial charge in [0, 0.05) is 11.9 Å². The van der Waals surface area contributed by atoms with Gasteiger partial charge in [0.25, 0.3) is 11.3 Å². The van der Waals surface area contributed by atoms with Gasteiger partial charge in [-0.05, 0) is 25.1 Å². The molecular weight excluding hydrogens is 337 g/mol. The fraction of sp³-hybridized carbons (Fsp3) is 0.0667. The molecule has 0 fully saturated rings. The lowest BCUT2D eigenvalue weighted by molar-refractivity contribution is 0.926. The van der Waals surface area contributed by atoms with E-state index in [2.05, 4.69) is 15.1 Å². The van der Waals surface area contributed by atoms with Crippen molar-refractivity contribution in [2.45, 2.75) is 6.92 Å². The van der Waals surface area contributed by atoms with E-state index in [-0.39, 0.29) is 5.56 Å². The van der Waals surface area contributed by atoms with Crippen molar-refractivity contribution in [3.05, 3.63) is 62.9 Å². The molecule has 0 atom stereocenters. The molecule has 0 aliphatic heterocycles. The summed E-state index contributed by atoms with van der Waals surface area (Å²) in [5.74, 6) is 0.440. The topological polar surface area (TPSA) is 65.1 Å². The summed E-state index contributed by atoms with van der Waals surface area (Å²) >= 11 is 12.3. The number of fused-ring (bicyclic) bond motifs is 3. The zero-order valence-electron chi connectivity index (χ0n) is 11.9. The van der Waals surface area contributed by atoms with Crippen molar-refractivity contribution < 1.29 is 0 Å². The van der Waals surface area contributed by atoms with E-state index in [1.807, 2.05) is 13.0 Å². The summed E-state index contributed by atoms with van der Waals surface area (Å²) in [6.45, 7) is 1.82. The summed E-state index contributed by atoms with van der Waals surface area (Å²) in [5, 5.41) is 5.25. The second kappa shape index (κ2) is 5.04. The van der Waals surface area contributed by atoms with Crippen molar-refractivity contribution >= 4 is 39.9 Å². The highest BCUT2D eigenvalue weighted by atomic mass is 35.5. The normalized spacial score (nSPS) is 11.4. The lowest BCUT2D eigenvalue weighted by Crippen LogP contribution is -2.22. The van der Waals surface area contributed by atoms with E-state index in [1.54, 1.807) is 18.2 Å². The van der Waals surface area contributed by atoms with Gasteiger partial charge in [-0.25, -0.2) is 4.98 Å². The van der Waals surface area contributed by atoms with Crippen molar-refractivity contribution in [3.63, 3.8) is 0 Å². The maximum Gasteiger partial charge on any atom is 0.266 e. The Bertz CT molecular complexity index is 1130. The molecule has 6 nitrogen and oxygen atoms in total. The second-order valence-electron chi connectivity index (χ2n) is 5.03. The predicted molar refractivity (Wildman–Crippen MR) is 88.6 cm³/mol. The molecule has 23 heavy (non-hydrogen) atoms. The fourth-order valence-electron chi connectivity index (χ4n) is 2.61. The Kier molecular flexibility index (Phi) is 3.11. The van der Waals surface area contributed by atoms with Gasteiger partial charge in [-0.2, -0.15) is 14.6 Å².